The van der Waals surface area contributed by atoms with Crippen molar-refractivity contribution >= 4 is 0 Å². The highest BCUT2D eigenvalue weighted by molar-refractivity contribution is 5.29. The average Bonchev–Trinajstić information content (AvgIpc) is 2.35. The summed E-state index contributed by atoms with van der Waals surface area (Å²) in [7, 11) is 0. The molecule has 0 saturated carbocycles. The van der Waals surface area contributed by atoms with E-state index in [9.17, 15) is 13.2 Å². The second-order valence-electron chi connectivity index (χ2n) is 5.15. The van der Waals surface area contributed by atoms with Gasteiger partial charge in [-0.05, 0) is 31.5 Å². The van der Waals surface area contributed by atoms with E-state index in [1.165, 1.54) is 0 Å². The zero-order chi connectivity index (χ0) is 15.9. The van der Waals surface area contributed by atoms with E-state index in [-0.39, 0.29) is 0 Å². The monoisotopic (exact) mass is 306 g/mol. The molecule has 0 fully saturated rings. The van der Waals surface area contributed by atoms with Gasteiger partial charge in [0.25, 0.3) is 0 Å². The fourth-order valence-electron chi connectivity index (χ4n) is 1.60. The van der Waals surface area contributed by atoms with Crippen molar-refractivity contribution in [1.29, 1.82) is 0 Å². The van der Waals surface area contributed by atoms with Crippen LogP contribution in [0.3, 0.4) is 0 Å². The number of rotatable bonds is 8. The van der Waals surface area contributed by atoms with Crippen LogP contribution in [0.25, 0.3) is 0 Å². The smallest absolute Gasteiger partial charge is 0.411 e. The van der Waals surface area contributed by atoms with Gasteiger partial charge in [0.1, 0.15) is 12.4 Å². The number of pyridine rings is 1. The molecule has 0 amide bonds. The number of alkyl halides is 3. The van der Waals surface area contributed by atoms with E-state index < -0.39 is 19.6 Å². The molecule has 0 aliphatic carbocycles. The van der Waals surface area contributed by atoms with Gasteiger partial charge in [0.05, 0.1) is 5.69 Å². The summed E-state index contributed by atoms with van der Waals surface area (Å²) in [6.07, 6.45) is -4.35. The van der Waals surface area contributed by atoms with Gasteiger partial charge in [0.2, 0.25) is 0 Å². The van der Waals surface area contributed by atoms with Crippen LogP contribution in [-0.4, -0.2) is 31.1 Å². The molecule has 21 heavy (non-hydrogen) atoms. The van der Waals surface area contributed by atoms with Gasteiger partial charge in [0, 0.05) is 12.2 Å². The van der Waals surface area contributed by atoms with Gasteiger partial charge >= 0.3 is 6.18 Å². The van der Waals surface area contributed by atoms with Gasteiger partial charge in [-0.25, -0.2) is 0 Å². The molecular formula is C14H21F3N2O2. The molecule has 120 valence electrons. The van der Waals surface area contributed by atoms with Crippen molar-refractivity contribution in [3.63, 3.8) is 0 Å². The zero-order valence-corrected chi connectivity index (χ0v) is 12.5. The average molecular weight is 306 g/mol. The van der Waals surface area contributed by atoms with Crippen LogP contribution in [0.1, 0.15) is 25.2 Å². The molecular weight excluding hydrogens is 285 g/mol. The highest BCUT2D eigenvalue weighted by atomic mass is 19.4. The van der Waals surface area contributed by atoms with Gasteiger partial charge in [-0.15, -0.1) is 0 Å². The van der Waals surface area contributed by atoms with E-state index in [0.717, 1.165) is 12.2 Å². The Morgan fingerprint density at radius 1 is 1.29 bits per heavy atom. The first-order valence-corrected chi connectivity index (χ1v) is 6.72. The molecule has 1 rings (SSSR count). The number of hydrogen-bond donors (Lipinski definition) is 1. The molecule has 7 heteroatoms. The van der Waals surface area contributed by atoms with Crippen LogP contribution in [0.2, 0.25) is 0 Å². The van der Waals surface area contributed by atoms with E-state index >= 15 is 0 Å². The number of halogens is 3. The fourth-order valence-corrected chi connectivity index (χ4v) is 1.60. The van der Waals surface area contributed by atoms with Crippen molar-refractivity contribution < 1.29 is 22.6 Å². The third-order valence-electron chi connectivity index (χ3n) is 2.48. The molecule has 1 aromatic heterocycles. The predicted octanol–water partition coefficient (Wildman–Crippen LogP) is 3.05. The minimum atomic E-state index is -4.35. The van der Waals surface area contributed by atoms with Crippen molar-refractivity contribution in [3.8, 4) is 5.75 Å². The maximum Gasteiger partial charge on any atom is 0.411 e. The Bertz CT molecular complexity index is 437. The number of aryl methyl sites for hydroxylation is 1. The van der Waals surface area contributed by atoms with Crippen molar-refractivity contribution in [2.45, 2.75) is 33.5 Å². The maximum atomic E-state index is 12.0. The minimum absolute atomic E-state index is 0.430. The molecule has 0 aromatic carbocycles. The van der Waals surface area contributed by atoms with Gasteiger partial charge in [0.15, 0.2) is 6.79 Å². The summed E-state index contributed by atoms with van der Waals surface area (Å²) in [6, 6.07) is 3.43. The van der Waals surface area contributed by atoms with Gasteiger partial charge in [-0.1, -0.05) is 13.8 Å². The maximum absolute atomic E-state index is 12.0. The van der Waals surface area contributed by atoms with Gasteiger partial charge < -0.3 is 14.8 Å². The second-order valence-corrected chi connectivity index (χ2v) is 5.15. The van der Waals surface area contributed by atoms with Crippen LogP contribution in [-0.2, 0) is 11.3 Å². The topological polar surface area (TPSA) is 43.4 Å². The summed E-state index contributed by atoms with van der Waals surface area (Å²) in [5.74, 6) is 0.924. The lowest BCUT2D eigenvalue weighted by atomic mass is 10.2. The normalized spacial score (nSPS) is 12.0. The Balaban J connectivity index is 2.52. The molecule has 0 bridgehead atoms. The molecule has 0 saturated heterocycles. The lowest BCUT2D eigenvalue weighted by Gasteiger charge is -2.13. The third-order valence-corrected chi connectivity index (χ3v) is 2.48. The molecule has 1 N–H and O–H groups in total. The van der Waals surface area contributed by atoms with Crippen LogP contribution >= 0.6 is 0 Å². The molecule has 4 nitrogen and oxygen atoms in total. The summed E-state index contributed by atoms with van der Waals surface area (Å²) in [6.45, 7) is 5.54. The predicted molar refractivity (Wildman–Crippen MR) is 73.0 cm³/mol. The van der Waals surface area contributed by atoms with E-state index in [4.69, 9.17) is 4.74 Å². The van der Waals surface area contributed by atoms with Gasteiger partial charge in [-0.3, -0.25) is 4.98 Å². The van der Waals surface area contributed by atoms with Crippen LogP contribution in [0.15, 0.2) is 12.1 Å². The zero-order valence-electron chi connectivity index (χ0n) is 12.5. The number of nitrogens with one attached hydrogen (secondary N) is 1. The van der Waals surface area contributed by atoms with E-state index in [1.54, 1.807) is 12.1 Å². The number of hydrogen-bond acceptors (Lipinski definition) is 4. The molecule has 0 unspecified atom stereocenters. The van der Waals surface area contributed by atoms with E-state index in [1.807, 2.05) is 6.92 Å². The summed E-state index contributed by atoms with van der Waals surface area (Å²) in [5.41, 5.74) is 1.48. The number of aromatic nitrogens is 1. The van der Waals surface area contributed by atoms with Crippen LogP contribution < -0.4 is 10.1 Å². The second kappa shape index (κ2) is 8.19. The lowest BCUT2D eigenvalue weighted by Crippen LogP contribution is -2.21. The Kier molecular flexibility index (Phi) is 6.91. The highest BCUT2D eigenvalue weighted by Crippen LogP contribution is 2.18. The van der Waals surface area contributed by atoms with Crippen LogP contribution in [0.5, 0.6) is 5.75 Å². The van der Waals surface area contributed by atoms with Crippen LogP contribution in [0.4, 0.5) is 13.2 Å². The van der Waals surface area contributed by atoms with Gasteiger partial charge in [-0.2, -0.15) is 13.2 Å². The standard InChI is InChI=1S/C14H21F3N2O2/c1-10(2)6-18-7-12-13(5-4-11(3)19-12)21-9-20-8-14(15,16)17/h4-5,10,18H,6-9H2,1-3H3. The minimum Gasteiger partial charge on any atom is -0.466 e. The van der Waals surface area contributed by atoms with Crippen molar-refractivity contribution in [1.82, 2.24) is 10.3 Å². The quantitative estimate of drug-likeness (QED) is 0.592. The Labute approximate surface area is 122 Å². The molecule has 0 atom stereocenters. The molecule has 1 heterocycles. The SMILES string of the molecule is Cc1ccc(OCOCC(F)(F)F)c(CNCC(C)C)n1. The third kappa shape index (κ3) is 7.87. The highest BCUT2D eigenvalue weighted by Gasteiger charge is 2.27. The molecule has 0 spiro atoms. The first-order chi connectivity index (χ1) is 9.78. The van der Waals surface area contributed by atoms with Crippen LogP contribution in [0, 0.1) is 12.8 Å². The molecule has 0 aliphatic heterocycles. The van der Waals surface area contributed by atoms with Crippen molar-refractivity contribution in [2.75, 3.05) is 19.9 Å². The number of nitrogens with zero attached hydrogens (tertiary/aromatic N) is 1. The summed E-state index contributed by atoms with van der Waals surface area (Å²) < 4.78 is 45.5. The Morgan fingerprint density at radius 2 is 2.00 bits per heavy atom. The Hall–Kier alpha value is -1.34. The molecule has 0 aliphatic rings. The fraction of sp³-hybridized carbons (Fsp3) is 0.643. The summed E-state index contributed by atoms with van der Waals surface area (Å²) >= 11 is 0. The first kappa shape index (κ1) is 17.7. The molecule has 1 aromatic rings. The molecule has 0 radical (unpaired) electrons. The van der Waals surface area contributed by atoms with Crippen molar-refractivity contribution in [2.24, 2.45) is 5.92 Å². The number of ether oxygens (including phenoxy) is 2. The summed E-state index contributed by atoms with van der Waals surface area (Å²) in [4.78, 5) is 4.33. The van der Waals surface area contributed by atoms with Crippen molar-refractivity contribution in [3.05, 3.63) is 23.5 Å². The summed E-state index contributed by atoms with van der Waals surface area (Å²) in [5, 5.41) is 3.22. The van der Waals surface area contributed by atoms with E-state index in [0.29, 0.717) is 23.9 Å². The largest absolute Gasteiger partial charge is 0.466 e. The van der Waals surface area contributed by atoms with E-state index in [2.05, 4.69) is 28.9 Å². The Morgan fingerprint density at radius 3 is 2.62 bits per heavy atom. The first-order valence-electron chi connectivity index (χ1n) is 6.72. The lowest BCUT2D eigenvalue weighted by molar-refractivity contribution is -0.186.